The van der Waals surface area contributed by atoms with Gasteiger partial charge in [0.15, 0.2) is 0 Å². The van der Waals surface area contributed by atoms with Crippen molar-refractivity contribution in [1.29, 1.82) is 0 Å². The molecule has 1 heterocycles. The predicted octanol–water partition coefficient (Wildman–Crippen LogP) is 1.32. The highest BCUT2D eigenvalue weighted by Crippen LogP contribution is 2.21. The van der Waals surface area contributed by atoms with E-state index in [4.69, 9.17) is 12.8 Å². The van der Waals surface area contributed by atoms with Gasteiger partial charge in [-0.3, -0.25) is 4.79 Å². The average Bonchev–Trinajstić information content (AvgIpc) is 3.08. The molecular formula is C17H17FN2O3S. The molecule has 24 heavy (non-hydrogen) atoms. The Morgan fingerprint density at radius 1 is 1.21 bits per heavy atom. The highest BCUT2D eigenvalue weighted by molar-refractivity contribution is 7.89. The summed E-state index contributed by atoms with van der Waals surface area (Å²) in [4.78, 5) is 13.5. The van der Waals surface area contributed by atoms with E-state index >= 15 is 0 Å². The lowest BCUT2D eigenvalue weighted by molar-refractivity contribution is 0.0788. The lowest BCUT2D eigenvalue weighted by Crippen LogP contribution is -2.32. The standard InChI is InChI=1S/C17H17FN2O3S/c1-3-9-20(10-4-2)24(22,23)14-7-8-15(16(18)13-14)17(21)19-11-5-6-12-19/h1-2,7-8,13H,5-6,9-12H2. The van der Waals surface area contributed by atoms with E-state index in [1.807, 2.05) is 0 Å². The highest BCUT2D eigenvalue weighted by Gasteiger charge is 2.27. The van der Waals surface area contributed by atoms with Crippen LogP contribution in [0.3, 0.4) is 0 Å². The van der Waals surface area contributed by atoms with Crippen molar-refractivity contribution in [2.45, 2.75) is 17.7 Å². The predicted molar refractivity (Wildman–Crippen MR) is 88.0 cm³/mol. The van der Waals surface area contributed by atoms with Crippen LogP contribution in [0.2, 0.25) is 0 Å². The molecule has 0 spiro atoms. The molecule has 5 nitrogen and oxygen atoms in total. The Labute approximate surface area is 141 Å². The SMILES string of the molecule is C#CCN(CC#C)S(=O)(=O)c1ccc(C(=O)N2CCCC2)c(F)c1. The van der Waals surface area contributed by atoms with E-state index in [9.17, 15) is 17.6 Å². The first kappa shape index (κ1) is 18.0. The molecule has 1 aliphatic heterocycles. The van der Waals surface area contributed by atoms with Crippen LogP contribution >= 0.6 is 0 Å². The fourth-order valence-corrected chi connectivity index (χ4v) is 3.78. The van der Waals surface area contributed by atoms with Crippen molar-refractivity contribution in [3.8, 4) is 24.7 Å². The van der Waals surface area contributed by atoms with Gasteiger partial charge in [-0.15, -0.1) is 12.8 Å². The summed E-state index contributed by atoms with van der Waals surface area (Å²) in [6.45, 7) is 0.720. The van der Waals surface area contributed by atoms with Gasteiger partial charge in [-0.05, 0) is 31.0 Å². The molecule has 2 rings (SSSR count). The first-order valence-electron chi connectivity index (χ1n) is 7.37. The smallest absolute Gasteiger partial charge is 0.256 e. The minimum absolute atomic E-state index is 0.142. The van der Waals surface area contributed by atoms with Gasteiger partial charge >= 0.3 is 0 Å². The summed E-state index contributed by atoms with van der Waals surface area (Å²) in [5, 5.41) is 0. The summed E-state index contributed by atoms with van der Waals surface area (Å²) in [7, 11) is -4.03. The molecule has 0 aromatic heterocycles. The maximum atomic E-state index is 14.3. The number of benzene rings is 1. The molecule has 0 bridgehead atoms. The van der Waals surface area contributed by atoms with E-state index in [1.165, 1.54) is 12.1 Å². The topological polar surface area (TPSA) is 57.7 Å². The Balaban J connectivity index is 2.33. The van der Waals surface area contributed by atoms with E-state index in [2.05, 4.69) is 11.8 Å². The monoisotopic (exact) mass is 348 g/mol. The number of rotatable bonds is 5. The van der Waals surface area contributed by atoms with E-state index in [0.29, 0.717) is 13.1 Å². The molecule has 0 N–H and O–H groups in total. The fourth-order valence-electron chi connectivity index (χ4n) is 2.50. The van der Waals surface area contributed by atoms with Crippen molar-refractivity contribution in [3.63, 3.8) is 0 Å². The van der Waals surface area contributed by atoms with Crippen LogP contribution < -0.4 is 0 Å². The van der Waals surface area contributed by atoms with Crippen molar-refractivity contribution in [2.24, 2.45) is 0 Å². The Bertz CT molecular complexity index is 799. The molecule has 0 unspecified atom stereocenters. The lowest BCUT2D eigenvalue weighted by atomic mass is 10.2. The number of hydrogen-bond donors (Lipinski definition) is 0. The number of carbonyl (C=O) groups is 1. The number of halogens is 1. The Hall–Kier alpha value is -2.35. The maximum absolute atomic E-state index is 14.3. The molecule has 1 fully saturated rings. The molecule has 1 aromatic rings. The van der Waals surface area contributed by atoms with Gasteiger partial charge in [0.05, 0.1) is 23.5 Å². The zero-order chi connectivity index (χ0) is 17.7. The average molecular weight is 348 g/mol. The Kier molecular flexibility index (Phi) is 5.61. The third-order valence-corrected chi connectivity index (χ3v) is 5.52. The van der Waals surface area contributed by atoms with Crippen LogP contribution in [0, 0.1) is 30.5 Å². The van der Waals surface area contributed by atoms with Crippen LogP contribution in [0.25, 0.3) is 0 Å². The highest BCUT2D eigenvalue weighted by atomic mass is 32.2. The second kappa shape index (κ2) is 7.48. The first-order chi connectivity index (χ1) is 11.4. The minimum Gasteiger partial charge on any atom is -0.339 e. The number of amides is 1. The van der Waals surface area contributed by atoms with Crippen molar-refractivity contribution in [1.82, 2.24) is 9.21 Å². The van der Waals surface area contributed by atoms with E-state index < -0.39 is 21.7 Å². The number of nitrogens with zero attached hydrogens (tertiary/aromatic N) is 2. The summed E-state index contributed by atoms with van der Waals surface area (Å²) in [5.41, 5.74) is -0.142. The van der Waals surface area contributed by atoms with Crippen LogP contribution in [0.4, 0.5) is 4.39 Å². The van der Waals surface area contributed by atoms with Gasteiger partial charge in [0.1, 0.15) is 5.82 Å². The largest absolute Gasteiger partial charge is 0.339 e. The quantitative estimate of drug-likeness (QED) is 0.754. The third-order valence-electron chi connectivity index (χ3n) is 3.74. The summed E-state index contributed by atoms with van der Waals surface area (Å²) in [5.74, 6) is 3.10. The molecule has 0 saturated carbocycles. The van der Waals surface area contributed by atoms with E-state index in [-0.39, 0.29) is 23.5 Å². The van der Waals surface area contributed by atoms with Gasteiger partial charge in [-0.25, -0.2) is 12.8 Å². The number of carbonyl (C=O) groups excluding carboxylic acids is 1. The van der Waals surface area contributed by atoms with Crippen LogP contribution in [0.1, 0.15) is 23.2 Å². The summed E-state index contributed by atoms with van der Waals surface area (Å²) in [6, 6.07) is 3.22. The second-order valence-corrected chi connectivity index (χ2v) is 7.26. The molecule has 0 radical (unpaired) electrons. The van der Waals surface area contributed by atoms with E-state index in [1.54, 1.807) is 4.90 Å². The normalized spacial score (nSPS) is 14.4. The van der Waals surface area contributed by atoms with Gasteiger partial charge in [0, 0.05) is 13.1 Å². The molecule has 1 aromatic carbocycles. The fraction of sp³-hybridized carbons (Fsp3) is 0.353. The minimum atomic E-state index is -4.03. The maximum Gasteiger partial charge on any atom is 0.256 e. The van der Waals surface area contributed by atoms with Gasteiger partial charge < -0.3 is 4.90 Å². The summed E-state index contributed by atoms with van der Waals surface area (Å²) < 4.78 is 40.2. The molecule has 0 atom stereocenters. The van der Waals surface area contributed by atoms with Crippen LogP contribution in [0.5, 0.6) is 0 Å². The van der Waals surface area contributed by atoms with E-state index in [0.717, 1.165) is 23.2 Å². The molecule has 126 valence electrons. The number of likely N-dealkylation sites (tertiary alicyclic amines) is 1. The molecule has 1 aliphatic rings. The summed E-state index contributed by atoms with van der Waals surface area (Å²) >= 11 is 0. The van der Waals surface area contributed by atoms with Gasteiger partial charge in [0.25, 0.3) is 5.91 Å². The molecule has 7 heteroatoms. The van der Waals surface area contributed by atoms with Crippen molar-refractivity contribution in [3.05, 3.63) is 29.6 Å². The molecule has 0 aliphatic carbocycles. The van der Waals surface area contributed by atoms with Gasteiger partial charge in [-0.2, -0.15) is 4.31 Å². The second-order valence-electron chi connectivity index (χ2n) is 5.32. The number of terminal acetylenes is 2. The zero-order valence-electron chi connectivity index (χ0n) is 13.0. The number of hydrogen-bond acceptors (Lipinski definition) is 3. The third kappa shape index (κ3) is 3.59. The van der Waals surface area contributed by atoms with Crippen LogP contribution in [0.15, 0.2) is 23.1 Å². The molecule has 1 saturated heterocycles. The first-order valence-corrected chi connectivity index (χ1v) is 8.81. The Morgan fingerprint density at radius 2 is 1.79 bits per heavy atom. The molecule has 1 amide bonds. The number of sulfonamides is 1. The Morgan fingerprint density at radius 3 is 2.29 bits per heavy atom. The van der Waals surface area contributed by atoms with Gasteiger partial charge in [-0.1, -0.05) is 11.8 Å². The van der Waals surface area contributed by atoms with Crippen LogP contribution in [-0.2, 0) is 10.0 Å². The van der Waals surface area contributed by atoms with Crippen LogP contribution in [-0.4, -0.2) is 49.7 Å². The lowest BCUT2D eigenvalue weighted by Gasteiger charge is -2.19. The van der Waals surface area contributed by atoms with Crippen molar-refractivity contribution >= 4 is 15.9 Å². The van der Waals surface area contributed by atoms with Crippen molar-refractivity contribution in [2.75, 3.05) is 26.2 Å². The summed E-state index contributed by atoms with van der Waals surface area (Å²) in [6.07, 6.45) is 12.1. The zero-order valence-corrected chi connectivity index (χ0v) is 13.9. The van der Waals surface area contributed by atoms with Crippen molar-refractivity contribution < 1.29 is 17.6 Å². The molecular weight excluding hydrogens is 331 g/mol. The van der Waals surface area contributed by atoms with Gasteiger partial charge in [0.2, 0.25) is 10.0 Å².